The number of nitrogens with zero attached hydrogens (tertiary/aromatic N) is 1. The topological polar surface area (TPSA) is 66.5 Å². The molecule has 0 aromatic heterocycles. The SMILES string of the molecule is Cc1cc(S(=O)(=O)Nc2ccc(C(=O)N(C)C3CCC(C)CC3)cc2)ccc1F. The van der Waals surface area contributed by atoms with Crippen LogP contribution in [0.5, 0.6) is 0 Å². The maximum atomic E-state index is 13.4. The third kappa shape index (κ3) is 4.96. The standard InChI is InChI=1S/C22H27FN2O3S/c1-15-4-10-19(11-5-15)25(3)22(26)17-6-8-18(9-7-17)24-29(27,28)20-12-13-21(23)16(2)14-20/h6-9,12-15,19,24H,4-5,10-11H2,1-3H3. The van der Waals surface area contributed by atoms with Crippen molar-refractivity contribution in [2.75, 3.05) is 11.8 Å². The first kappa shape index (κ1) is 21.3. The molecule has 0 unspecified atom stereocenters. The normalized spacial score (nSPS) is 19.6. The van der Waals surface area contributed by atoms with Gasteiger partial charge in [0.2, 0.25) is 0 Å². The fraction of sp³-hybridized carbons (Fsp3) is 0.409. The van der Waals surface area contributed by atoms with Gasteiger partial charge in [0.1, 0.15) is 5.82 Å². The van der Waals surface area contributed by atoms with Crippen molar-refractivity contribution in [1.82, 2.24) is 4.90 Å². The highest BCUT2D eigenvalue weighted by Crippen LogP contribution is 2.27. The molecule has 0 aliphatic heterocycles. The highest BCUT2D eigenvalue weighted by Gasteiger charge is 2.25. The number of carbonyl (C=O) groups is 1. The summed E-state index contributed by atoms with van der Waals surface area (Å²) in [4.78, 5) is 14.6. The Morgan fingerprint density at radius 3 is 2.28 bits per heavy atom. The zero-order chi connectivity index (χ0) is 21.2. The lowest BCUT2D eigenvalue weighted by atomic mass is 9.86. The fourth-order valence-corrected chi connectivity index (χ4v) is 4.82. The predicted octanol–water partition coefficient (Wildman–Crippen LogP) is 4.59. The molecule has 2 aromatic carbocycles. The maximum Gasteiger partial charge on any atom is 0.261 e. The lowest BCUT2D eigenvalue weighted by Gasteiger charge is -2.33. The van der Waals surface area contributed by atoms with Crippen LogP contribution in [0.15, 0.2) is 47.4 Å². The minimum atomic E-state index is -3.84. The van der Waals surface area contributed by atoms with Gasteiger partial charge in [0.05, 0.1) is 4.90 Å². The van der Waals surface area contributed by atoms with Crippen molar-refractivity contribution in [2.24, 2.45) is 5.92 Å². The summed E-state index contributed by atoms with van der Waals surface area (Å²) in [5, 5.41) is 0. The van der Waals surface area contributed by atoms with Crippen LogP contribution in [0.1, 0.15) is 48.5 Å². The largest absolute Gasteiger partial charge is 0.339 e. The Kier molecular flexibility index (Phi) is 6.27. The third-order valence-corrected chi connectivity index (χ3v) is 7.06. The van der Waals surface area contributed by atoms with Crippen molar-refractivity contribution < 1.29 is 17.6 Å². The molecule has 0 atom stereocenters. The van der Waals surface area contributed by atoms with E-state index in [0.717, 1.165) is 31.7 Å². The van der Waals surface area contributed by atoms with Gasteiger partial charge in [-0.2, -0.15) is 0 Å². The third-order valence-electron chi connectivity index (χ3n) is 5.68. The van der Waals surface area contributed by atoms with Gasteiger partial charge in [-0.25, -0.2) is 12.8 Å². The number of benzene rings is 2. The Bertz CT molecular complexity index is 982. The van der Waals surface area contributed by atoms with Gasteiger partial charge in [0.15, 0.2) is 0 Å². The van der Waals surface area contributed by atoms with Crippen LogP contribution in [-0.2, 0) is 10.0 Å². The van der Waals surface area contributed by atoms with Crippen LogP contribution in [0.2, 0.25) is 0 Å². The molecule has 1 amide bonds. The van der Waals surface area contributed by atoms with Gasteiger partial charge in [0, 0.05) is 24.3 Å². The minimum Gasteiger partial charge on any atom is -0.339 e. The molecule has 0 radical (unpaired) electrons. The Hall–Kier alpha value is -2.41. The summed E-state index contributed by atoms with van der Waals surface area (Å²) >= 11 is 0. The number of rotatable bonds is 5. The maximum absolute atomic E-state index is 13.4. The highest BCUT2D eigenvalue weighted by molar-refractivity contribution is 7.92. The van der Waals surface area contributed by atoms with E-state index in [1.807, 2.05) is 7.05 Å². The lowest BCUT2D eigenvalue weighted by Crippen LogP contribution is -2.39. The molecule has 1 saturated carbocycles. The van der Waals surface area contributed by atoms with Crippen LogP contribution in [0, 0.1) is 18.7 Å². The van der Waals surface area contributed by atoms with Crippen molar-refractivity contribution >= 4 is 21.6 Å². The summed E-state index contributed by atoms with van der Waals surface area (Å²) in [5.41, 5.74) is 1.12. The molecule has 1 aliphatic rings. The van der Waals surface area contributed by atoms with Gasteiger partial charge in [-0.05, 0) is 86.6 Å². The summed E-state index contributed by atoms with van der Waals surface area (Å²) in [6, 6.07) is 10.3. The van der Waals surface area contributed by atoms with E-state index in [9.17, 15) is 17.6 Å². The number of aryl methyl sites for hydroxylation is 1. The van der Waals surface area contributed by atoms with Crippen molar-refractivity contribution in [3.05, 3.63) is 59.4 Å². The number of halogens is 1. The van der Waals surface area contributed by atoms with E-state index in [0.29, 0.717) is 17.2 Å². The van der Waals surface area contributed by atoms with E-state index in [-0.39, 0.29) is 22.4 Å². The molecule has 0 saturated heterocycles. The van der Waals surface area contributed by atoms with Crippen LogP contribution < -0.4 is 4.72 Å². The van der Waals surface area contributed by atoms with Crippen molar-refractivity contribution in [2.45, 2.75) is 50.5 Å². The molecule has 1 fully saturated rings. The Morgan fingerprint density at radius 2 is 1.69 bits per heavy atom. The number of hydrogen-bond acceptors (Lipinski definition) is 3. The van der Waals surface area contributed by atoms with E-state index in [2.05, 4.69) is 11.6 Å². The number of hydrogen-bond donors (Lipinski definition) is 1. The van der Waals surface area contributed by atoms with Crippen LogP contribution in [0.3, 0.4) is 0 Å². The smallest absolute Gasteiger partial charge is 0.261 e. The molecule has 0 bridgehead atoms. The molecule has 7 heteroatoms. The van der Waals surface area contributed by atoms with Gasteiger partial charge in [0.25, 0.3) is 15.9 Å². The zero-order valence-corrected chi connectivity index (χ0v) is 17.8. The summed E-state index contributed by atoms with van der Waals surface area (Å²) in [5.74, 6) is 0.198. The summed E-state index contributed by atoms with van der Waals surface area (Å²) in [6.45, 7) is 3.75. The molecular formula is C22H27FN2O3S. The van der Waals surface area contributed by atoms with Gasteiger partial charge >= 0.3 is 0 Å². The van der Waals surface area contributed by atoms with Gasteiger partial charge in [-0.3, -0.25) is 9.52 Å². The second-order valence-electron chi connectivity index (χ2n) is 7.92. The number of amides is 1. The molecule has 1 aliphatic carbocycles. The molecule has 5 nitrogen and oxygen atoms in total. The Labute approximate surface area is 172 Å². The quantitative estimate of drug-likeness (QED) is 0.773. The van der Waals surface area contributed by atoms with E-state index < -0.39 is 15.8 Å². The fourth-order valence-electron chi connectivity index (χ4n) is 3.68. The van der Waals surface area contributed by atoms with Gasteiger partial charge < -0.3 is 4.90 Å². The first-order valence-electron chi connectivity index (χ1n) is 9.83. The first-order valence-corrected chi connectivity index (χ1v) is 11.3. The van der Waals surface area contributed by atoms with Gasteiger partial charge in [-0.15, -0.1) is 0 Å². The van der Waals surface area contributed by atoms with Crippen molar-refractivity contribution in [3.63, 3.8) is 0 Å². The molecule has 3 rings (SSSR count). The summed E-state index contributed by atoms with van der Waals surface area (Å²) in [7, 11) is -2.01. The molecule has 156 valence electrons. The zero-order valence-electron chi connectivity index (χ0n) is 17.0. The van der Waals surface area contributed by atoms with E-state index in [1.54, 1.807) is 29.2 Å². The summed E-state index contributed by atoms with van der Waals surface area (Å²) < 4.78 is 40.9. The molecule has 2 aromatic rings. The number of sulfonamides is 1. The lowest BCUT2D eigenvalue weighted by molar-refractivity contribution is 0.0679. The summed E-state index contributed by atoms with van der Waals surface area (Å²) in [6.07, 6.45) is 4.29. The highest BCUT2D eigenvalue weighted by atomic mass is 32.2. The number of carbonyl (C=O) groups excluding carboxylic acids is 1. The predicted molar refractivity (Wildman–Crippen MR) is 112 cm³/mol. The molecule has 29 heavy (non-hydrogen) atoms. The van der Waals surface area contributed by atoms with Crippen molar-refractivity contribution in [3.8, 4) is 0 Å². The van der Waals surface area contributed by atoms with Crippen LogP contribution in [0.4, 0.5) is 10.1 Å². The van der Waals surface area contributed by atoms with E-state index in [4.69, 9.17) is 0 Å². The van der Waals surface area contributed by atoms with Crippen LogP contribution in [-0.4, -0.2) is 32.3 Å². The van der Waals surface area contributed by atoms with E-state index >= 15 is 0 Å². The Balaban J connectivity index is 1.69. The monoisotopic (exact) mass is 418 g/mol. The number of nitrogens with one attached hydrogen (secondary N) is 1. The first-order chi connectivity index (χ1) is 13.7. The minimum absolute atomic E-state index is 0.0113. The second-order valence-corrected chi connectivity index (χ2v) is 9.61. The molecule has 0 heterocycles. The average Bonchev–Trinajstić information content (AvgIpc) is 2.70. The van der Waals surface area contributed by atoms with E-state index in [1.165, 1.54) is 19.1 Å². The van der Waals surface area contributed by atoms with Crippen LogP contribution in [0.25, 0.3) is 0 Å². The van der Waals surface area contributed by atoms with Crippen molar-refractivity contribution in [1.29, 1.82) is 0 Å². The average molecular weight is 419 g/mol. The molecular weight excluding hydrogens is 391 g/mol. The molecule has 0 spiro atoms. The molecule has 1 N–H and O–H groups in total. The second kappa shape index (κ2) is 8.53. The Morgan fingerprint density at radius 1 is 1.07 bits per heavy atom. The van der Waals surface area contributed by atoms with Crippen LogP contribution >= 0.6 is 0 Å². The number of anilines is 1. The van der Waals surface area contributed by atoms with Gasteiger partial charge in [-0.1, -0.05) is 6.92 Å².